The van der Waals surface area contributed by atoms with E-state index in [0.29, 0.717) is 12.8 Å². The lowest BCUT2D eigenvalue weighted by molar-refractivity contribution is -0.131. The first-order valence-corrected chi connectivity index (χ1v) is 11.2. The number of rotatable bonds is 10. The van der Waals surface area contributed by atoms with E-state index < -0.39 is 29.9 Å². The molecule has 8 heteroatoms. The van der Waals surface area contributed by atoms with Crippen LogP contribution in [0.2, 0.25) is 0 Å². The molecular weight excluding hydrogens is 412 g/mol. The number of benzene rings is 1. The fourth-order valence-electron chi connectivity index (χ4n) is 3.52. The van der Waals surface area contributed by atoms with Crippen LogP contribution in [-0.4, -0.2) is 35.2 Å². The zero-order valence-corrected chi connectivity index (χ0v) is 18.4. The lowest BCUT2D eigenvalue weighted by Crippen LogP contribution is -2.52. The van der Waals surface area contributed by atoms with Gasteiger partial charge in [0.15, 0.2) is 0 Å². The van der Waals surface area contributed by atoms with Gasteiger partial charge >= 0.3 is 0 Å². The van der Waals surface area contributed by atoms with Crippen molar-refractivity contribution < 1.29 is 14.4 Å². The summed E-state index contributed by atoms with van der Waals surface area (Å²) >= 11 is 1.39. The van der Waals surface area contributed by atoms with E-state index in [1.807, 2.05) is 55.8 Å². The highest BCUT2D eigenvalue weighted by Gasteiger charge is 2.27. The number of thiophene rings is 1. The highest BCUT2D eigenvalue weighted by Crippen LogP contribution is 2.19. The number of carbonyl (C=O) groups excluding carboxylic acids is 3. The van der Waals surface area contributed by atoms with E-state index in [1.165, 1.54) is 11.3 Å². The van der Waals surface area contributed by atoms with Gasteiger partial charge in [-0.15, -0.1) is 11.3 Å². The number of aromatic nitrogens is 1. The number of hydrogen-bond donors (Lipinski definition) is 4. The summed E-state index contributed by atoms with van der Waals surface area (Å²) in [6.07, 6.45) is 3.37. The fourth-order valence-corrected chi connectivity index (χ4v) is 4.24. The van der Waals surface area contributed by atoms with Crippen LogP contribution >= 0.6 is 11.3 Å². The highest BCUT2D eigenvalue weighted by atomic mass is 32.1. The van der Waals surface area contributed by atoms with Gasteiger partial charge in [0.25, 0.3) is 0 Å². The van der Waals surface area contributed by atoms with Gasteiger partial charge in [0.2, 0.25) is 11.8 Å². The highest BCUT2D eigenvalue weighted by molar-refractivity contribution is 7.10. The van der Waals surface area contributed by atoms with E-state index in [-0.39, 0.29) is 5.92 Å². The zero-order chi connectivity index (χ0) is 22.4. The van der Waals surface area contributed by atoms with Crippen molar-refractivity contribution in [3.05, 3.63) is 58.4 Å². The normalized spacial score (nSPS) is 14.2. The molecule has 5 N–H and O–H groups in total. The van der Waals surface area contributed by atoms with E-state index in [1.54, 1.807) is 6.07 Å². The Bertz CT molecular complexity index is 1030. The number of amides is 2. The van der Waals surface area contributed by atoms with Crippen molar-refractivity contribution in [2.75, 3.05) is 0 Å². The topological polar surface area (TPSA) is 117 Å². The second-order valence-electron chi connectivity index (χ2n) is 8.00. The molecule has 3 rings (SSSR count). The van der Waals surface area contributed by atoms with Crippen LogP contribution in [0.5, 0.6) is 0 Å². The van der Waals surface area contributed by atoms with Crippen LogP contribution < -0.4 is 16.4 Å². The summed E-state index contributed by atoms with van der Waals surface area (Å²) in [5, 5.41) is 8.40. The van der Waals surface area contributed by atoms with Gasteiger partial charge < -0.3 is 26.1 Å². The maximum atomic E-state index is 13.0. The second kappa shape index (κ2) is 10.4. The molecule has 0 aliphatic rings. The zero-order valence-electron chi connectivity index (χ0n) is 17.6. The number of para-hydroxylation sites is 1. The molecule has 1 unspecified atom stereocenters. The van der Waals surface area contributed by atoms with Crippen molar-refractivity contribution in [3.8, 4) is 0 Å². The first-order valence-electron chi connectivity index (χ1n) is 10.3. The van der Waals surface area contributed by atoms with Crippen LogP contribution in [0, 0.1) is 5.92 Å². The summed E-state index contributed by atoms with van der Waals surface area (Å²) in [6.45, 7) is 3.93. The van der Waals surface area contributed by atoms with Crippen LogP contribution in [0.3, 0.4) is 0 Å². The van der Waals surface area contributed by atoms with Crippen molar-refractivity contribution in [3.63, 3.8) is 0 Å². The van der Waals surface area contributed by atoms with E-state index in [2.05, 4.69) is 15.6 Å². The van der Waals surface area contributed by atoms with Gasteiger partial charge in [-0.3, -0.25) is 9.59 Å². The van der Waals surface area contributed by atoms with Gasteiger partial charge in [0.05, 0.1) is 6.04 Å². The molecule has 31 heavy (non-hydrogen) atoms. The minimum Gasteiger partial charge on any atom is -0.361 e. The molecule has 0 bridgehead atoms. The molecule has 2 amide bonds. The number of H-pyrrole nitrogens is 1. The fraction of sp³-hybridized carbons (Fsp3) is 0.348. The Labute approximate surface area is 185 Å². The number of fused-ring (bicyclic) bond motifs is 1. The Balaban J connectivity index is 1.68. The van der Waals surface area contributed by atoms with Crippen LogP contribution in [0.4, 0.5) is 0 Å². The molecule has 0 fully saturated rings. The molecule has 0 radical (unpaired) electrons. The Kier molecular flexibility index (Phi) is 7.59. The molecule has 1 aromatic carbocycles. The minimum absolute atomic E-state index is 0.164. The maximum Gasteiger partial charge on any atom is 0.243 e. The summed E-state index contributed by atoms with van der Waals surface area (Å²) in [6, 6.07) is 9.09. The van der Waals surface area contributed by atoms with E-state index in [4.69, 9.17) is 5.73 Å². The quantitative estimate of drug-likeness (QED) is 0.363. The van der Waals surface area contributed by atoms with Gasteiger partial charge in [-0.25, -0.2) is 0 Å². The molecule has 0 saturated carbocycles. The predicted molar refractivity (Wildman–Crippen MR) is 123 cm³/mol. The number of hydrogen-bond acceptors (Lipinski definition) is 5. The van der Waals surface area contributed by atoms with Gasteiger partial charge in [-0.2, -0.15) is 0 Å². The van der Waals surface area contributed by atoms with Crippen LogP contribution in [0.1, 0.15) is 36.8 Å². The third-order valence-electron chi connectivity index (χ3n) is 5.08. The second-order valence-corrected chi connectivity index (χ2v) is 8.98. The monoisotopic (exact) mass is 440 g/mol. The molecule has 3 aromatic rings. The SMILES string of the molecule is CC(C)C[C@H](NC(=O)C(N)c1cccs1)C(=O)N[C@@H](C=O)Cc1c[nH]c2ccccc12. The minimum atomic E-state index is -0.837. The Hall–Kier alpha value is -2.97. The van der Waals surface area contributed by atoms with Crippen LogP contribution in [0.15, 0.2) is 48.0 Å². The summed E-state index contributed by atoms with van der Waals surface area (Å²) in [4.78, 5) is 41.2. The average molecular weight is 441 g/mol. The lowest BCUT2D eigenvalue weighted by Gasteiger charge is -2.23. The van der Waals surface area contributed by atoms with Gasteiger partial charge in [0.1, 0.15) is 18.4 Å². The lowest BCUT2D eigenvalue weighted by atomic mass is 10.0. The predicted octanol–water partition coefficient (Wildman–Crippen LogP) is 2.69. The Morgan fingerprint density at radius 3 is 2.58 bits per heavy atom. The maximum absolute atomic E-state index is 13.0. The molecule has 2 aromatic heterocycles. The van der Waals surface area contributed by atoms with Crippen molar-refractivity contribution in [2.24, 2.45) is 11.7 Å². The molecule has 0 spiro atoms. The number of aromatic amines is 1. The number of nitrogens with one attached hydrogen (secondary N) is 3. The van der Waals surface area contributed by atoms with Crippen LogP contribution in [0.25, 0.3) is 10.9 Å². The average Bonchev–Trinajstić information content (AvgIpc) is 3.42. The molecule has 3 atom stereocenters. The Morgan fingerprint density at radius 2 is 1.90 bits per heavy atom. The third kappa shape index (κ3) is 5.80. The molecule has 0 aliphatic heterocycles. The third-order valence-corrected chi connectivity index (χ3v) is 6.03. The largest absolute Gasteiger partial charge is 0.361 e. The molecule has 2 heterocycles. The van der Waals surface area contributed by atoms with E-state index >= 15 is 0 Å². The molecule has 164 valence electrons. The first-order chi connectivity index (χ1) is 14.9. The summed E-state index contributed by atoms with van der Waals surface area (Å²) in [5.41, 5.74) is 7.95. The van der Waals surface area contributed by atoms with Gasteiger partial charge in [0, 0.05) is 28.4 Å². The molecule has 0 aliphatic carbocycles. The summed E-state index contributed by atoms with van der Waals surface area (Å²) < 4.78 is 0. The van der Waals surface area contributed by atoms with Crippen molar-refractivity contribution >= 4 is 40.3 Å². The summed E-state index contributed by atoms with van der Waals surface area (Å²) in [7, 11) is 0. The number of carbonyl (C=O) groups is 3. The number of aldehydes is 1. The number of nitrogens with two attached hydrogens (primary N) is 1. The summed E-state index contributed by atoms with van der Waals surface area (Å²) in [5.74, 6) is -0.641. The van der Waals surface area contributed by atoms with Gasteiger partial charge in [-0.1, -0.05) is 38.1 Å². The Morgan fingerprint density at radius 1 is 1.13 bits per heavy atom. The molecule has 0 saturated heterocycles. The smallest absolute Gasteiger partial charge is 0.243 e. The van der Waals surface area contributed by atoms with E-state index in [0.717, 1.165) is 27.6 Å². The molecule has 7 nitrogen and oxygen atoms in total. The van der Waals surface area contributed by atoms with Crippen molar-refractivity contribution in [1.82, 2.24) is 15.6 Å². The van der Waals surface area contributed by atoms with Crippen LogP contribution in [-0.2, 0) is 20.8 Å². The van der Waals surface area contributed by atoms with Gasteiger partial charge in [-0.05, 0) is 35.4 Å². The molecular formula is C23H28N4O3S. The standard InChI is InChI=1S/C23H28N4O3S/c1-14(2)10-19(27-23(30)21(24)20-8-5-9-31-20)22(29)26-16(13-28)11-15-12-25-18-7-4-3-6-17(15)18/h3-9,12-14,16,19,21,25H,10-11,24H2,1-2H3,(H,26,29)(H,27,30)/t16-,19+,21?/m1/s1. The van der Waals surface area contributed by atoms with Crippen molar-refractivity contribution in [1.29, 1.82) is 0 Å². The van der Waals surface area contributed by atoms with E-state index in [9.17, 15) is 14.4 Å². The van der Waals surface area contributed by atoms with Crippen molar-refractivity contribution in [2.45, 2.75) is 44.8 Å². The first kappa shape index (κ1) is 22.7.